The molecule has 1 aromatic rings. The standard InChI is InChI=1S/C18H33N4O5P/c1-5-6-7-8-9-21(3)28(4,25)26-13-15-10-19-11-16(27-15)22-12-14(2)17(23)20-18(22)24/h12,15-16,19H,5-11,13H2,1-4H3,(H,20,23,24)/t15-,16?,28?/m0/s1. The molecule has 1 aliphatic rings. The molecule has 0 spiro atoms. The van der Waals surface area contributed by atoms with E-state index in [2.05, 4.69) is 17.2 Å². The summed E-state index contributed by atoms with van der Waals surface area (Å²) in [6, 6.07) is 0. The Bertz CT molecular complexity index is 793. The molecule has 1 aliphatic heterocycles. The predicted octanol–water partition coefficient (Wildman–Crippen LogP) is 1.68. The van der Waals surface area contributed by atoms with Gasteiger partial charge in [-0.1, -0.05) is 26.2 Å². The number of unbranched alkanes of at least 4 members (excludes halogenated alkanes) is 3. The SMILES string of the molecule is CCCCCCN(C)P(C)(=O)OC[C@@H]1CNCC(n2cc(C)c(=O)[nH]c2=O)O1. The quantitative estimate of drug-likeness (QED) is 0.442. The molecule has 1 saturated heterocycles. The Kier molecular flexibility index (Phi) is 8.64. The van der Waals surface area contributed by atoms with E-state index in [9.17, 15) is 14.2 Å². The summed E-state index contributed by atoms with van der Waals surface area (Å²) in [5.41, 5.74) is -0.486. The van der Waals surface area contributed by atoms with Crippen molar-refractivity contribution in [3.8, 4) is 0 Å². The molecule has 0 saturated carbocycles. The molecule has 2 N–H and O–H groups in total. The van der Waals surface area contributed by atoms with E-state index >= 15 is 0 Å². The Labute approximate surface area is 165 Å². The van der Waals surface area contributed by atoms with E-state index in [4.69, 9.17) is 9.26 Å². The largest absolute Gasteiger partial charge is 0.350 e. The van der Waals surface area contributed by atoms with Crippen molar-refractivity contribution in [1.29, 1.82) is 0 Å². The first kappa shape index (κ1) is 23.0. The Morgan fingerprint density at radius 2 is 2.07 bits per heavy atom. The number of nitrogens with one attached hydrogen (secondary N) is 2. The molecule has 0 amide bonds. The number of H-pyrrole nitrogens is 1. The zero-order chi connectivity index (χ0) is 20.7. The second-order valence-corrected chi connectivity index (χ2v) is 9.94. The zero-order valence-corrected chi connectivity index (χ0v) is 18.2. The number of ether oxygens (including phenoxy) is 1. The van der Waals surface area contributed by atoms with Gasteiger partial charge in [-0.05, 0) is 20.4 Å². The fourth-order valence-corrected chi connectivity index (χ4v) is 4.16. The van der Waals surface area contributed by atoms with Gasteiger partial charge in [-0.2, -0.15) is 0 Å². The molecule has 9 nitrogen and oxygen atoms in total. The van der Waals surface area contributed by atoms with Crippen LogP contribution >= 0.6 is 7.52 Å². The molecule has 3 atom stereocenters. The number of rotatable bonds is 10. The first-order valence-corrected chi connectivity index (χ1v) is 11.9. The first-order chi connectivity index (χ1) is 13.2. The lowest BCUT2D eigenvalue weighted by Crippen LogP contribution is -2.47. The van der Waals surface area contributed by atoms with Crippen LogP contribution in [0, 0.1) is 6.92 Å². The van der Waals surface area contributed by atoms with Crippen LogP contribution in [-0.2, 0) is 13.8 Å². The topological polar surface area (TPSA) is 106 Å². The zero-order valence-electron chi connectivity index (χ0n) is 17.3. The number of hydrogen-bond donors (Lipinski definition) is 2. The number of aromatic amines is 1. The van der Waals surface area contributed by atoms with E-state index in [0.717, 1.165) is 25.8 Å². The number of hydrogen-bond acceptors (Lipinski definition) is 6. The molecule has 2 heterocycles. The van der Waals surface area contributed by atoms with Crippen LogP contribution in [0.25, 0.3) is 0 Å². The van der Waals surface area contributed by atoms with Crippen molar-refractivity contribution < 1.29 is 13.8 Å². The molecule has 2 unspecified atom stereocenters. The van der Waals surface area contributed by atoms with Crippen LogP contribution in [0.15, 0.2) is 15.8 Å². The molecule has 1 aromatic heterocycles. The van der Waals surface area contributed by atoms with Gasteiger partial charge in [0.15, 0.2) is 6.23 Å². The van der Waals surface area contributed by atoms with Gasteiger partial charge in [0.2, 0.25) is 0 Å². The maximum Gasteiger partial charge on any atom is 0.330 e. The van der Waals surface area contributed by atoms with Gasteiger partial charge < -0.3 is 14.6 Å². The molecule has 28 heavy (non-hydrogen) atoms. The summed E-state index contributed by atoms with van der Waals surface area (Å²) in [4.78, 5) is 25.9. The molecule has 0 aromatic carbocycles. The smallest absolute Gasteiger partial charge is 0.330 e. The van der Waals surface area contributed by atoms with Crippen LogP contribution in [-0.4, -0.2) is 60.3 Å². The molecule has 2 rings (SSSR count). The Hall–Kier alpha value is -1.25. The van der Waals surface area contributed by atoms with Gasteiger partial charge in [0, 0.05) is 38.1 Å². The van der Waals surface area contributed by atoms with Crippen LogP contribution < -0.4 is 16.6 Å². The van der Waals surface area contributed by atoms with Crippen LogP contribution in [0.2, 0.25) is 0 Å². The van der Waals surface area contributed by atoms with Gasteiger partial charge in [0.1, 0.15) is 0 Å². The van der Waals surface area contributed by atoms with E-state index in [-0.39, 0.29) is 12.7 Å². The summed E-state index contributed by atoms with van der Waals surface area (Å²) >= 11 is 0. The van der Waals surface area contributed by atoms with Gasteiger partial charge in [-0.3, -0.25) is 18.9 Å². The monoisotopic (exact) mass is 416 g/mol. The number of nitrogens with zero attached hydrogens (tertiary/aromatic N) is 2. The molecule has 0 radical (unpaired) electrons. The second kappa shape index (κ2) is 10.5. The van der Waals surface area contributed by atoms with Crippen molar-refractivity contribution in [2.75, 3.05) is 40.0 Å². The second-order valence-electron chi connectivity index (χ2n) is 7.39. The average molecular weight is 416 g/mol. The fraction of sp³-hybridized carbons (Fsp3) is 0.778. The van der Waals surface area contributed by atoms with Gasteiger partial charge in [-0.15, -0.1) is 0 Å². The van der Waals surface area contributed by atoms with Crippen molar-refractivity contribution in [3.63, 3.8) is 0 Å². The molecular formula is C18H33N4O5P. The normalized spacial score (nSPS) is 22.3. The average Bonchev–Trinajstić information content (AvgIpc) is 2.66. The van der Waals surface area contributed by atoms with Gasteiger partial charge in [0.25, 0.3) is 13.1 Å². The third kappa shape index (κ3) is 6.39. The number of morpholine rings is 1. The minimum atomic E-state index is -2.90. The van der Waals surface area contributed by atoms with E-state index in [1.54, 1.807) is 18.3 Å². The van der Waals surface area contributed by atoms with Gasteiger partial charge in [-0.25, -0.2) is 9.46 Å². The van der Waals surface area contributed by atoms with Crippen molar-refractivity contribution >= 4 is 7.52 Å². The predicted molar refractivity (Wildman–Crippen MR) is 109 cm³/mol. The third-order valence-electron chi connectivity index (χ3n) is 4.95. The van der Waals surface area contributed by atoms with Crippen LogP contribution in [0.4, 0.5) is 0 Å². The molecule has 10 heteroatoms. The fourth-order valence-electron chi connectivity index (χ4n) is 3.02. The van der Waals surface area contributed by atoms with E-state index in [0.29, 0.717) is 18.7 Å². The Morgan fingerprint density at radius 3 is 2.79 bits per heavy atom. The van der Waals surface area contributed by atoms with Crippen LogP contribution in [0.5, 0.6) is 0 Å². The minimum Gasteiger partial charge on any atom is -0.350 e. The van der Waals surface area contributed by atoms with E-state index < -0.39 is 25.0 Å². The summed E-state index contributed by atoms with van der Waals surface area (Å²) in [5.74, 6) is 0. The molecule has 160 valence electrons. The third-order valence-corrected chi connectivity index (χ3v) is 7.02. The van der Waals surface area contributed by atoms with Crippen LogP contribution in [0.3, 0.4) is 0 Å². The van der Waals surface area contributed by atoms with E-state index in [1.807, 2.05) is 7.05 Å². The number of aryl methyl sites for hydroxylation is 1. The van der Waals surface area contributed by atoms with Crippen molar-refractivity contribution in [2.24, 2.45) is 0 Å². The lowest BCUT2D eigenvalue weighted by atomic mass is 10.2. The molecule has 0 bridgehead atoms. The van der Waals surface area contributed by atoms with E-state index in [1.165, 1.54) is 17.2 Å². The lowest BCUT2D eigenvalue weighted by Gasteiger charge is -2.33. The summed E-state index contributed by atoms with van der Waals surface area (Å²) in [7, 11) is -1.09. The Balaban J connectivity index is 1.91. The van der Waals surface area contributed by atoms with Crippen molar-refractivity contribution in [2.45, 2.75) is 51.9 Å². The lowest BCUT2D eigenvalue weighted by molar-refractivity contribution is -0.0935. The minimum absolute atomic E-state index is 0.160. The molecule has 1 fully saturated rings. The number of aromatic nitrogens is 2. The van der Waals surface area contributed by atoms with Gasteiger partial charge >= 0.3 is 5.69 Å². The van der Waals surface area contributed by atoms with Crippen molar-refractivity contribution in [1.82, 2.24) is 19.5 Å². The molecule has 0 aliphatic carbocycles. The highest BCUT2D eigenvalue weighted by Crippen LogP contribution is 2.46. The Morgan fingerprint density at radius 1 is 1.32 bits per heavy atom. The summed E-state index contributed by atoms with van der Waals surface area (Å²) in [6.07, 6.45) is 5.03. The first-order valence-electron chi connectivity index (χ1n) is 9.86. The maximum atomic E-state index is 12.8. The molecular weight excluding hydrogens is 383 g/mol. The summed E-state index contributed by atoms with van der Waals surface area (Å²) in [5, 5.41) is 3.20. The highest BCUT2D eigenvalue weighted by Gasteiger charge is 2.28. The highest BCUT2D eigenvalue weighted by molar-refractivity contribution is 7.55. The van der Waals surface area contributed by atoms with Crippen LogP contribution in [0.1, 0.15) is 44.4 Å². The van der Waals surface area contributed by atoms with Crippen molar-refractivity contribution in [3.05, 3.63) is 32.6 Å². The summed E-state index contributed by atoms with van der Waals surface area (Å²) < 4.78 is 27.7. The van der Waals surface area contributed by atoms with Gasteiger partial charge in [0.05, 0.1) is 12.7 Å². The maximum absolute atomic E-state index is 12.8. The summed E-state index contributed by atoms with van der Waals surface area (Å²) in [6.45, 7) is 7.27. The highest BCUT2D eigenvalue weighted by atomic mass is 31.2.